The van der Waals surface area contributed by atoms with Crippen LogP contribution < -0.4 is 9.62 Å². The van der Waals surface area contributed by atoms with Crippen molar-refractivity contribution < 1.29 is 12.8 Å². The molecule has 2 aromatic rings. The summed E-state index contributed by atoms with van der Waals surface area (Å²) in [5, 5.41) is 9.35. The van der Waals surface area contributed by atoms with E-state index < -0.39 is 15.8 Å². The normalized spacial score (nSPS) is 11.6. The summed E-state index contributed by atoms with van der Waals surface area (Å²) >= 11 is 0. The van der Waals surface area contributed by atoms with Gasteiger partial charge in [-0.05, 0) is 24.7 Å². The average molecular weight is 312 g/mol. The highest BCUT2D eigenvalue weighted by Gasteiger charge is 2.26. The van der Waals surface area contributed by atoms with Gasteiger partial charge in [0, 0.05) is 19.2 Å². The zero-order chi connectivity index (χ0) is 15.5. The molecule has 1 aromatic carbocycles. The monoisotopic (exact) mass is 312 g/mol. The standard InChI is InChI=1S/C13H17FN4O2S/c1-3-15-8-10-9-16-17-13(10)21(19,20)18(2)12-6-4-5-11(14)7-12/h4-7,9,15H,3,8H2,1-2H3,(H,16,17). The minimum Gasteiger partial charge on any atom is -0.313 e. The molecule has 0 atom stereocenters. The van der Waals surface area contributed by atoms with E-state index in [4.69, 9.17) is 0 Å². The number of anilines is 1. The Balaban J connectivity index is 2.36. The molecule has 21 heavy (non-hydrogen) atoms. The van der Waals surface area contributed by atoms with Crippen LogP contribution in [0.2, 0.25) is 0 Å². The first-order valence-corrected chi connectivity index (χ1v) is 7.88. The Labute approximate surface area is 123 Å². The molecular weight excluding hydrogens is 295 g/mol. The van der Waals surface area contributed by atoms with Crippen LogP contribution in [0.4, 0.5) is 10.1 Å². The third-order valence-corrected chi connectivity index (χ3v) is 4.84. The lowest BCUT2D eigenvalue weighted by Gasteiger charge is -2.19. The van der Waals surface area contributed by atoms with Gasteiger partial charge in [0.2, 0.25) is 0 Å². The third-order valence-electron chi connectivity index (χ3n) is 3.03. The Kier molecular flexibility index (Phi) is 4.59. The number of sulfonamides is 1. The second kappa shape index (κ2) is 6.23. The van der Waals surface area contributed by atoms with Gasteiger partial charge in [-0.2, -0.15) is 13.5 Å². The van der Waals surface area contributed by atoms with Crippen LogP contribution in [-0.4, -0.2) is 32.2 Å². The van der Waals surface area contributed by atoms with E-state index in [1.165, 1.54) is 31.4 Å². The summed E-state index contributed by atoms with van der Waals surface area (Å²) in [6.45, 7) is 3.02. The number of halogens is 1. The SMILES string of the molecule is CCNCc1cn[nH]c1S(=O)(=O)N(C)c1cccc(F)c1. The Hall–Kier alpha value is -1.93. The summed E-state index contributed by atoms with van der Waals surface area (Å²) in [5.74, 6) is -0.493. The van der Waals surface area contributed by atoms with Gasteiger partial charge in [-0.25, -0.2) is 4.39 Å². The summed E-state index contributed by atoms with van der Waals surface area (Å²) < 4.78 is 39.5. The lowest BCUT2D eigenvalue weighted by atomic mass is 10.3. The molecule has 2 N–H and O–H groups in total. The van der Waals surface area contributed by atoms with Crippen LogP contribution in [0.1, 0.15) is 12.5 Å². The van der Waals surface area contributed by atoms with E-state index in [0.29, 0.717) is 18.7 Å². The van der Waals surface area contributed by atoms with Gasteiger partial charge in [-0.3, -0.25) is 9.40 Å². The fraction of sp³-hybridized carbons (Fsp3) is 0.308. The maximum absolute atomic E-state index is 13.3. The van der Waals surface area contributed by atoms with Crippen molar-refractivity contribution in [3.8, 4) is 0 Å². The summed E-state index contributed by atoms with van der Waals surface area (Å²) in [7, 11) is -2.44. The highest BCUT2D eigenvalue weighted by Crippen LogP contribution is 2.23. The summed E-state index contributed by atoms with van der Waals surface area (Å²) in [6.07, 6.45) is 1.47. The highest BCUT2D eigenvalue weighted by molar-refractivity contribution is 7.92. The van der Waals surface area contributed by atoms with Crippen LogP contribution in [0.5, 0.6) is 0 Å². The summed E-state index contributed by atoms with van der Waals surface area (Å²) in [6, 6.07) is 5.42. The molecule has 0 spiro atoms. The van der Waals surface area contributed by atoms with E-state index in [0.717, 1.165) is 10.4 Å². The van der Waals surface area contributed by atoms with Gasteiger partial charge >= 0.3 is 0 Å². The topological polar surface area (TPSA) is 78.1 Å². The molecule has 0 fully saturated rings. The number of hydrogen-bond donors (Lipinski definition) is 2. The highest BCUT2D eigenvalue weighted by atomic mass is 32.2. The molecule has 0 aliphatic carbocycles. The van der Waals surface area contributed by atoms with Crippen molar-refractivity contribution in [1.29, 1.82) is 0 Å². The Morgan fingerprint density at radius 1 is 1.43 bits per heavy atom. The van der Waals surface area contributed by atoms with Crippen molar-refractivity contribution in [2.24, 2.45) is 0 Å². The van der Waals surface area contributed by atoms with E-state index in [9.17, 15) is 12.8 Å². The Morgan fingerprint density at radius 3 is 2.86 bits per heavy atom. The van der Waals surface area contributed by atoms with Crippen molar-refractivity contribution in [2.45, 2.75) is 18.5 Å². The number of H-pyrrole nitrogens is 1. The van der Waals surface area contributed by atoms with Gasteiger partial charge in [0.1, 0.15) is 5.82 Å². The van der Waals surface area contributed by atoms with Crippen molar-refractivity contribution in [3.05, 3.63) is 41.8 Å². The molecule has 1 heterocycles. The first kappa shape index (κ1) is 15.5. The smallest absolute Gasteiger partial charge is 0.281 e. The van der Waals surface area contributed by atoms with Gasteiger partial charge in [0.05, 0.1) is 11.9 Å². The van der Waals surface area contributed by atoms with Crippen LogP contribution in [-0.2, 0) is 16.6 Å². The molecule has 2 rings (SSSR count). The maximum atomic E-state index is 13.3. The summed E-state index contributed by atoms with van der Waals surface area (Å²) in [4.78, 5) is 0. The number of aromatic amines is 1. The maximum Gasteiger partial charge on any atom is 0.281 e. The van der Waals surface area contributed by atoms with Crippen LogP contribution >= 0.6 is 0 Å². The van der Waals surface area contributed by atoms with Crippen molar-refractivity contribution in [2.75, 3.05) is 17.9 Å². The van der Waals surface area contributed by atoms with E-state index in [2.05, 4.69) is 15.5 Å². The molecule has 114 valence electrons. The lowest BCUT2D eigenvalue weighted by molar-refractivity contribution is 0.587. The van der Waals surface area contributed by atoms with E-state index in [1.807, 2.05) is 6.92 Å². The van der Waals surface area contributed by atoms with Crippen molar-refractivity contribution >= 4 is 15.7 Å². The predicted molar refractivity (Wildman–Crippen MR) is 78.0 cm³/mol. The average Bonchev–Trinajstić information content (AvgIpc) is 2.93. The van der Waals surface area contributed by atoms with Gasteiger partial charge in [-0.1, -0.05) is 13.0 Å². The molecule has 0 aliphatic rings. The number of aromatic nitrogens is 2. The first-order valence-electron chi connectivity index (χ1n) is 6.44. The molecule has 8 heteroatoms. The minimum atomic E-state index is -3.82. The number of benzene rings is 1. The lowest BCUT2D eigenvalue weighted by Crippen LogP contribution is -2.28. The largest absolute Gasteiger partial charge is 0.313 e. The number of nitrogens with zero attached hydrogens (tertiary/aromatic N) is 2. The Morgan fingerprint density at radius 2 is 2.19 bits per heavy atom. The zero-order valence-electron chi connectivity index (χ0n) is 11.8. The quantitative estimate of drug-likeness (QED) is 0.847. The van der Waals surface area contributed by atoms with E-state index in [1.54, 1.807) is 0 Å². The summed E-state index contributed by atoms with van der Waals surface area (Å²) in [5.41, 5.74) is 0.791. The van der Waals surface area contributed by atoms with Crippen LogP contribution in [0.25, 0.3) is 0 Å². The predicted octanol–water partition coefficient (Wildman–Crippen LogP) is 1.48. The fourth-order valence-electron chi connectivity index (χ4n) is 1.86. The number of rotatable bonds is 6. The Bertz CT molecular complexity index is 714. The number of hydrogen-bond acceptors (Lipinski definition) is 4. The fourth-order valence-corrected chi connectivity index (χ4v) is 3.15. The van der Waals surface area contributed by atoms with Crippen molar-refractivity contribution in [1.82, 2.24) is 15.5 Å². The van der Waals surface area contributed by atoms with Crippen LogP contribution in [0, 0.1) is 5.82 Å². The van der Waals surface area contributed by atoms with Crippen molar-refractivity contribution in [3.63, 3.8) is 0 Å². The zero-order valence-corrected chi connectivity index (χ0v) is 12.6. The second-order valence-corrected chi connectivity index (χ2v) is 6.36. The molecule has 0 radical (unpaired) electrons. The molecule has 0 saturated carbocycles. The molecule has 0 unspecified atom stereocenters. The molecule has 6 nitrogen and oxygen atoms in total. The molecule has 0 amide bonds. The minimum absolute atomic E-state index is 0.00945. The van der Waals surface area contributed by atoms with Gasteiger partial charge in [0.25, 0.3) is 10.0 Å². The van der Waals surface area contributed by atoms with Crippen LogP contribution in [0.3, 0.4) is 0 Å². The molecule has 1 aromatic heterocycles. The number of nitrogens with one attached hydrogen (secondary N) is 2. The third kappa shape index (κ3) is 3.22. The molecular formula is C13H17FN4O2S. The van der Waals surface area contributed by atoms with Crippen LogP contribution in [0.15, 0.2) is 35.5 Å². The second-order valence-electron chi connectivity index (χ2n) is 4.46. The van der Waals surface area contributed by atoms with Gasteiger partial charge in [0.15, 0.2) is 5.03 Å². The molecule has 0 bridgehead atoms. The first-order chi connectivity index (χ1) is 9.96. The molecule has 0 saturated heterocycles. The van der Waals surface area contributed by atoms with E-state index >= 15 is 0 Å². The van der Waals surface area contributed by atoms with Gasteiger partial charge < -0.3 is 5.32 Å². The van der Waals surface area contributed by atoms with E-state index in [-0.39, 0.29) is 10.7 Å². The molecule has 0 aliphatic heterocycles. The van der Waals surface area contributed by atoms with Gasteiger partial charge in [-0.15, -0.1) is 0 Å².